The van der Waals surface area contributed by atoms with Gasteiger partial charge in [-0.25, -0.2) is 9.18 Å². The zero-order valence-corrected chi connectivity index (χ0v) is 16.2. The number of hydrogen-bond acceptors (Lipinski definition) is 5. The fourth-order valence-corrected chi connectivity index (χ4v) is 2.79. The van der Waals surface area contributed by atoms with Crippen LogP contribution in [0.5, 0.6) is 0 Å². The lowest BCUT2D eigenvalue weighted by molar-refractivity contribution is 0.0688. The molecule has 0 amide bonds. The first-order valence-corrected chi connectivity index (χ1v) is 8.84. The Kier molecular flexibility index (Phi) is 5.74. The van der Waals surface area contributed by atoms with Gasteiger partial charge in [-0.2, -0.15) is 15.0 Å². The van der Waals surface area contributed by atoms with Gasteiger partial charge in [-0.3, -0.25) is 4.79 Å². The van der Waals surface area contributed by atoms with Crippen LogP contribution in [-0.2, 0) is 0 Å². The number of anilines is 1. The molecule has 0 spiro atoms. The molecule has 0 fully saturated rings. The van der Waals surface area contributed by atoms with Crippen molar-refractivity contribution in [3.63, 3.8) is 0 Å². The van der Waals surface area contributed by atoms with Crippen LogP contribution in [0.4, 0.5) is 10.1 Å². The average molecular weight is 404 g/mol. The molecule has 2 aromatic carbocycles. The molecule has 0 saturated carbocycles. The van der Waals surface area contributed by atoms with Gasteiger partial charge in [-0.1, -0.05) is 24.3 Å². The number of carbonyl (C=O) groups is 1. The summed E-state index contributed by atoms with van der Waals surface area (Å²) in [6.45, 7) is 0. The Labute approximate surface area is 171 Å². The van der Waals surface area contributed by atoms with Crippen molar-refractivity contribution >= 4 is 23.8 Å². The predicted octanol–water partition coefficient (Wildman–Crippen LogP) is 3.18. The van der Waals surface area contributed by atoms with Crippen molar-refractivity contribution in [3.8, 4) is 11.8 Å². The molecule has 8 heteroatoms. The minimum Gasteiger partial charge on any atom is -0.476 e. The van der Waals surface area contributed by atoms with Crippen LogP contribution in [0.1, 0.15) is 27.2 Å². The van der Waals surface area contributed by atoms with E-state index in [2.05, 4.69) is 5.10 Å². The molecule has 3 aromatic rings. The Morgan fingerprint density at radius 2 is 1.77 bits per heavy atom. The van der Waals surface area contributed by atoms with Crippen LogP contribution in [0.25, 0.3) is 17.8 Å². The molecule has 0 atom stereocenters. The summed E-state index contributed by atoms with van der Waals surface area (Å²) in [4.78, 5) is 26.5. The van der Waals surface area contributed by atoms with Gasteiger partial charge in [0.2, 0.25) is 0 Å². The summed E-state index contributed by atoms with van der Waals surface area (Å²) in [7, 11) is 3.82. The van der Waals surface area contributed by atoms with Crippen molar-refractivity contribution in [1.82, 2.24) is 9.78 Å². The summed E-state index contributed by atoms with van der Waals surface area (Å²) in [5.74, 6) is -1.92. The van der Waals surface area contributed by atoms with Gasteiger partial charge in [0.25, 0.3) is 5.56 Å². The molecule has 0 aliphatic carbocycles. The topological polar surface area (TPSA) is 99.2 Å². The Bertz CT molecular complexity index is 1220. The second-order valence-electron chi connectivity index (χ2n) is 6.57. The number of aromatic nitrogens is 2. The van der Waals surface area contributed by atoms with E-state index in [1.807, 2.05) is 43.3 Å². The van der Waals surface area contributed by atoms with Crippen molar-refractivity contribution in [2.45, 2.75) is 0 Å². The standard InChI is InChI=1S/C22H17FN4O3/c1-26(2)16-8-3-14(4-9-16)5-12-18-19(13-24)21(28)27(25-20(18)22(29)30)17-10-6-15(23)7-11-17/h3-12H,1-2H3,(H,29,30)/b12-5-. The lowest BCUT2D eigenvalue weighted by atomic mass is 10.1. The van der Waals surface area contributed by atoms with Crippen LogP contribution in [0, 0.1) is 17.1 Å². The number of aromatic carboxylic acids is 1. The van der Waals surface area contributed by atoms with Crippen LogP contribution in [-0.4, -0.2) is 35.0 Å². The molecule has 30 heavy (non-hydrogen) atoms. The van der Waals surface area contributed by atoms with Gasteiger partial charge < -0.3 is 10.0 Å². The highest BCUT2D eigenvalue weighted by molar-refractivity contribution is 5.92. The summed E-state index contributed by atoms with van der Waals surface area (Å²) in [6, 6.07) is 14.0. The molecular formula is C22H17FN4O3. The van der Waals surface area contributed by atoms with Crippen molar-refractivity contribution in [1.29, 1.82) is 5.26 Å². The fraction of sp³-hybridized carbons (Fsp3) is 0.0909. The Morgan fingerprint density at radius 3 is 2.30 bits per heavy atom. The first kappa shape index (κ1) is 20.5. The fourth-order valence-electron chi connectivity index (χ4n) is 2.79. The molecule has 0 saturated heterocycles. The number of benzene rings is 2. The first-order valence-electron chi connectivity index (χ1n) is 8.84. The van der Waals surface area contributed by atoms with E-state index < -0.39 is 23.0 Å². The maximum atomic E-state index is 13.2. The van der Waals surface area contributed by atoms with Gasteiger partial charge in [0, 0.05) is 25.3 Å². The number of halogens is 1. The van der Waals surface area contributed by atoms with Gasteiger partial charge in [-0.15, -0.1) is 0 Å². The number of nitrogens with zero attached hydrogens (tertiary/aromatic N) is 4. The monoisotopic (exact) mass is 404 g/mol. The molecule has 0 unspecified atom stereocenters. The van der Waals surface area contributed by atoms with E-state index in [4.69, 9.17) is 0 Å². The molecule has 0 aliphatic heterocycles. The summed E-state index contributed by atoms with van der Waals surface area (Å²) in [5, 5.41) is 23.0. The Morgan fingerprint density at radius 1 is 1.13 bits per heavy atom. The smallest absolute Gasteiger partial charge is 0.357 e. The van der Waals surface area contributed by atoms with Crippen LogP contribution in [0.15, 0.2) is 53.3 Å². The van der Waals surface area contributed by atoms with Crippen molar-refractivity contribution in [3.05, 3.63) is 87.1 Å². The van der Waals surface area contributed by atoms with Gasteiger partial charge in [0.05, 0.1) is 5.69 Å². The number of hydrogen-bond donors (Lipinski definition) is 1. The summed E-state index contributed by atoms with van der Waals surface area (Å²) < 4.78 is 14.0. The van der Waals surface area contributed by atoms with E-state index >= 15 is 0 Å². The molecule has 1 N–H and O–H groups in total. The highest BCUT2D eigenvalue weighted by Crippen LogP contribution is 2.18. The van der Waals surface area contributed by atoms with E-state index in [9.17, 15) is 24.3 Å². The van der Waals surface area contributed by atoms with Crippen LogP contribution < -0.4 is 10.5 Å². The van der Waals surface area contributed by atoms with Gasteiger partial charge in [0.15, 0.2) is 5.69 Å². The minimum absolute atomic E-state index is 0.0925. The maximum Gasteiger partial charge on any atom is 0.357 e. The highest BCUT2D eigenvalue weighted by atomic mass is 19.1. The Hall–Kier alpha value is -4.25. The third kappa shape index (κ3) is 4.10. The predicted molar refractivity (Wildman–Crippen MR) is 111 cm³/mol. The second-order valence-corrected chi connectivity index (χ2v) is 6.57. The van der Waals surface area contributed by atoms with Crippen LogP contribution >= 0.6 is 0 Å². The zero-order valence-electron chi connectivity index (χ0n) is 16.2. The van der Waals surface area contributed by atoms with E-state index in [1.165, 1.54) is 18.2 Å². The molecule has 150 valence electrons. The van der Waals surface area contributed by atoms with E-state index in [-0.39, 0.29) is 16.8 Å². The van der Waals surface area contributed by atoms with Crippen molar-refractivity contribution in [2.24, 2.45) is 0 Å². The number of nitriles is 1. The van der Waals surface area contributed by atoms with Crippen LogP contribution in [0.2, 0.25) is 0 Å². The molecule has 3 rings (SSSR count). The Balaban J connectivity index is 2.13. The largest absolute Gasteiger partial charge is 0.476 e. The molecule has 0 aliphatic rings. The van der Waals surface area contributed by atoms with Gasteiger partial charge in [-0.05, 0) is 42.0 Å². The number of carboxylic acids is 1. The number of carboxylic acid groups (broad SMARTS) is 1. The molecule has 7 nitrogen and oxygen atoms in total. The minimum atomic E-state index is -1.40. The molecular weight excluding hydrogens is 387 g/mol. The summed E-state index contributed by atoms with van der Waals surface area (Å²) >= 11 is 0. The number of rotatable bonds is 5. The van der Waals surface area contributed by atoms with Gasteiger partial charge in [0.1, 0.15) is 17.4 Å². The quantitative estimate of drug-likeness (QED) is 0.701. The van der Waals surface area contributed by atoms with E-state index in [1.54, 1.807) is 12.1 Å². The van der Waals surface area contributed by atoms with Gasteiger partial charge >= 0.3 is 5.97 Å². The first-order chi connectivity index (χ1) is 14.3. The SMILES string of the molecule is CN(C)c1ccc(/C=C\c2c(C(=O)O)nn(-c3ccc(F)cc3)c(=O)c2C#N)cc1. The zero-order chi connectivity index (χ0) is 21.8. The lowest BCUT2D eigenvalue weighted by Crippen LogP contribution is -2.28. The average Bonchev–Trinajstić information content (AvgIpc) is 2.73. The van der Waals surface area contributed by atoms with E-state index in [0.29, 0.717) is 0 Å². The molecule has 1 aromatic heterocycles. The normalized spacial score (nSPS) is 10.7. The van der Waals surface area contributed by atoms with Crippen LogP contribution in [0.3, 0.4) is 0 Å². The third-order valence-electron chi connectivity index (χ3n) is 4.37. The third-order valence-corrected chi connectivity index (χ3v) is 4.37. The van der Waals surface area contributed by atoms with Crippen molar-refractivity contribution < 1.29 is 14.3 Å². The maximum absolute atomic E-state index is 13.2. The molecule has 0 radical (unpaired) electrons. The van der Waals surface area contributed by atoms with E-state index in [0.717, 1.165) is 28.1 Å². The lowest BCUT2D eigenvalue weighted by Gasteiger charge is -2.12. The summed E-state index contributed by atoms with van der Waals surface area (Å²) in [5.41, 5.74) is 0.171. The molecule has 0 bridgehead atoms. The van der Waals surface area contributed by atoms with Crippen molar-refractivity contribution in [2.75, 3.05) is 19.0 Å². The summed E-state index contributed by atoms with van der Waals surface area (Å²) in [6.07, 6.45) is 2.99. The highest BCUT2D eigenvalue weighted by Gasteiger charge is 2.21. The molecule has 1 heterocycles. The second kappa shape index (κ2) is 8.41.